The first-order valence-electron chi connectivity index (χ1n) is 22.6. The Hall–Kier alpha value is -5.42. The number of rotatable bonds is 13. The van der Waals surface area contributed by atoms with Crippen LogP contribution in [-0.4, -0.2) is 32.6 Å². The Labute approximate surface area is 377 Å². The van der Waals surface area contributed by atoms with E-state index in [2.05, 4.69) is 94.3 Å². The molecule has 0 spiro atoms. The number of aliphatic hydroxyl groups is 2. The number of hydrogen-bond donors (Lipinski definition) is 2. The summed E-state index contributed by atoms with van der Waals surface area (Å²) in [5, 5.41) is 26.7. The lowest BCUT2D eigenvalue weighted by Gasteiger charge is -2.33. The van der Waals surface area contributed by atoms with Crippen LogP contribution in [0.25, 0.3) is 0 Å². The fourth-order valence-corrected chi connectivity index (χ4v) is 17.8. The molecule has 0 aromatic heterocycles. The second kappa shape index (κ2) is 18.2. The third-order valence-electron chi connectivity index (χ3n) is 13.8. The van der Waals surface area contributed by atoms with Gasteiger partial charge in [0, 0.05) is 58.0 Å². The molecule has 8 heteroatoms. The van der Waals surface area contributed by atoms with E-state index < -0.39 is 26.8 Å². The number of unbranched alkanes of at least 4 members (excludes halogenated alkanes) is 1. The van der Waals surface area contributed by atoms with Crippen LogP contribution in [-0.2, 0) is 9.13 Å². The summed E-state index contributed by atoms with van der Waals surface area (Å²) in [5.41, 5.74) is 3.86. The van der Waals surface area contributed by atoms with Crippen LogP contribution in [0.2, 0.25) is 0 Å². The lowest BCUT2D eigenvalue weighted by molar-refractivity contribution is 0.149. The minimum Gasteiger partial charge on any atom is -0.387 e. The molecule has 2 aliphatic carbocycles. The third kappa shape index (κ3) is 7.61. The molecule has 6 nitrogen and oxygen atoms in total. The monoisotopic (exact) mass is 880 g/mol. The molecule has 2 N–H and O–H groups in total. The number of hydrogen-bond acceptors (Lipinski definition) is 4. The number of benzene rings is 6. The van der Waals surface area contributed by atoms with Gasteiger partial charge in [-0.05, 0) is 59.4 Å². The maximum atomic E-state index is 16.4. The van der Waals surface area contributed by atoms with Crippen LogP contribution in [0.4, 0.5) is 0 Å². The van der Waals surface area contributed by atoms with E-state index in [0.717, 1.165) is 43.5 Å². The molecule has 0 amide bonds. The van der Waals surface area contributed by atoms with Crippen LogP contribution in [0.5, 0.6) is 0 Å². The lowest BCUT2D eigenvalue weighted by Crippen LogP contribution is -2.29. The summed E-state index contributed by atoms with van der Waals surface area (Å²) in [6.07, 6.45) is 12.7. The molecule has 2 heterocycles. The van der Waals surface area contributed by atoms with Crippen LogP contribution in [0, 0.1) is 23.7 Å². The minimum absolute atomic E-state index is 0.145. The second-order valence-electron chi connectivity index (χ2n) is 17.4. The first kappa shape index (κ1) is 42.5. The van der Waals surface area contributed by atoms with E-state index in [0.29, 0.717) is 25.9 Å². The summed E-state index contributed by atoms with van der Waals surface area (Å²) < 4.78 is 37.3. The highest BCUT2D eigenvalue weighted by Gasteiger charge is 2.56. The van der Waals surface area contributed by atoms with Crippen molar-refractivity contribution in [2.45, 2.75) is 37.1 Å². The van der Waals surface area contributed by atoms with Crippen molar-refractivity contribution in [3.8, 4) is 0 Å². The van der Waals surface area contributed by atoms with Gasteiger partial charge < -0.3 is 10.2 Å². The summed E-state index contributed by atoms with van der Waals surface area (Å²) in [5.74, 6) is -0.958. The van der Waals surface area contributed by atoms with Crippen molar-refractivity contribution in [1.82, 2.24) is 9.34 Å². The zero-order valence-electron chi connectivity index (χ0n) is 35.7. The SMILES string of the molecule is O=[P@@]1(c2ccccc2)C2=C[C@@H]([C@@H](O)c3ccccc3)C=C[C@H]2[C@H](c2ccccc2)N1CCCCN1[C@H](c2ccccc2)[C@H]2C=C[C@@H]([C@H](O)c3ccccc3)C=C2[P@]1(=O)c1ccccc1. The Bertz CT molecular complexity index is 2570. The summed E-state index contributed by atoms with van der Waals surface area (Å²) in [7, 11) is -6.79. The van der Waals surface area contributed by atoms with Crippen LogP contribution in [0.15, 0.2) is 229 Å². The highest BCUT2D eigenvalue weighted by Crippen LogP contribution is 2.73. The molecule has 4 aliphatic rings. The van der Waals surface area contributed by atoms with E-state index in [1.165, 1.54) is 0 Å². The van der Waals surface area contributed by atoms with Crippen LogP contribution < -0.4 is 10.6 Å². The number of nitrogens with zero attached hydrogens (tertiary/aromatic N) is 2. The molecule has 2 fully saturated rings. The average Bonchev–Trinajstić information content (AvgIpc) is 3.78. The van der Waals surface area contributed by atoms with Crippen LogP contribution in [0.1, 0.15) is 59.4 Å². The first-order chi connectivity index (χ1) is 31.4. The highest BCUT2D eigenvalue weighted by molar-refractivity contribution is 7.74. The predicted molar refractivity (Wildman–Crippen MR) is 260 cm³/mol. The molecular formula is C56H54N2O4P2. The molecule has 0 unspecified atom stereocenters. The summed E-state index contributed by atoms with van der Waals surface area (Å²) in [4.78, 5) is 0. The van der Waals surface area contributed by atoms with Gasteiger partial charge in [-0.25, -0.2) is 9.34 Å². The largest absolute Gasteiger partial charge is 0.387 e. The van der Waals surface area contributed by atoms with Gasteiger partial charge in [0.15, 0.2) is 0 Å². The van der Waals surface area contributed by atoms with Gasteiger partial charge in [-0.3, -0.25) is 9.13 Å². The van der Waals surface area contributed by atoms with Gasteiger partial charge in [-0.15, -0.1) is 0 Å². The summed E-state index contributed by atoms with van der Waals surface area (Å²) in [6.45, 7) is 1.10. The summed E-state index contributed by atoms with van der Waals surface area (Å²) in [6, 6.07) is 59.7. The topological polar surface area (TPSA) is 81.1 Å². The van der Waals surface area contributed by atoms with Crippen molar-refractivity contribution in [3.05, 3.63) is 251 Å². The van der Waals surface area contributed by atoms with E-state index in [1.807, 2.05) is 133 Å². The Morgan fingerprint density at radius 3 is 1.08 bits per heavy atom. The summed E-state index contributed by atoms with van der Waals surface area (Å²) >= 11 is 0. The molecule has 6 aromatic carbocycles. The van der Waals surface area contributed by atoms with Crippen molar-refractivity contribution < 1.29 is 19.3 Å². The van der Waals surface area contributed by atoms with Gasteiger partial charge >= 0.3 is 0 Å². The van der Waals surface area contributed by atoms with Crippen molar-refractivity contribution in [1.29, 1.82) is 0 Å². The normalized spacial score (nSPS) is 28.5. The molecule has 64 heavy (non-hydrogen) atoms. The predicted octanol–water partition coefficient (Wildman–Crippen LogP) is 11.9. The molecule has 6 aromatic rings. The van der Waals surface area contributed by atoms with Crippen molar-refractivity contribution in [2.75, 3.05) is 13.1 Å². The zero-order valence-corrected chi connectivity index (χ0v) is 37.5. The molecule has 10 atom stereocenters. The van der Waals surface area contributed by atoms with Crippen molar-refractivity contribution >= 4 is 25.2 Å². The molecule has 0 radical (unpaired) electrons. The van der Waals surface area contributed by atoms with E-state index in [9.17, 15) is 10.2 Å². The number of aliphatic hydroxyl groups excluding tert-OH is 2. The van der Waals surface area contributed by atoms with Crippen LogP contribution in [0.3, 0.4) is 0 Å². The van der Waals surface area contributed by atoms with E-state index >= 15 is 9.13 Å². The van der Waals surface area contributed by atoms with Crippen molar-refractivity contribution in [2.24, 2.45) is 23.7 Å². The minimum atomic E-state index is -3.39. The lowest BCUT2D eigenvalue weighted by atomic mass is 9.84. The molecule has 322 valence electrons. The maximum Gasteiger partial charge on any atom is 0.204 e. The maximum absolute atomic E-state index is 16.4. The standard InChI is InChI=1S/C56H54N2O4P2/c59-55(43-25-11-3-12-26-43)45-33-35-49-51(39-45)63(61,47-29-15-5-16-30-47)57(53(49)41-21-7-1-8-22-41)37-19-20-38-58-54(42-23-9-2-10-24-42)50-36-34-46(56(60)44-27-13-4-14-28-44)40-52(50)64(58,62)48-31-17-6-18-32-48/h1-18,21-36,39-40,45-46,49-50,53-56,59-60H,19-20,37-38H2/t45-,46+,49+,50-,53-,54+,55-,56+,63-,64+. The molecule has 0 bridgehead atoms. The number of fused-ring (bicyclic) bond motifs is 2. The van der Waals surface area contributed by atoms with E-state index in [-0.39, 0.29) is 35.8 Å². The highest BCUT2D eigenvalue weighted by atomic mass is 31.2. The Kier molecular flexibility index (Phi) is 12.1. The van der Waals surface area contributed by atoms with Gasteiger partial charge in [0.25, 0.3) is 0 Å². The second-order valence-corrected chi connectivity index (χ2v) is 22.8. The Morgan fingerprint density at radius 1 is 0.422 bits per heavy atom. The van der Waals surface area contributed by atoms with Crippen LogP contribution >= 0.6 is 14.6 Å². The van der Waals surface area contributed by atoms with Gasteiger partial charge in [-0.2, -0.15) is 0 Å². The van der Waals surface area contributed by atoms with Gasteiger partial charge in [0.2, 0.25) is 14.6 Å². The molecule has 0 saturated carbocycles. The fraction of sp³-hybridized carbons (Fsp3) is 0.214. The smallest absolute Gasteiger partial charge is 0.204 e. The van der Waals surface area contributed by atoms with E-state index in [4.69, 9.17) is 0 Å². The fourth-order valence-electron chi connectivity index (χ4n) is 10.7. The molecule has 10 rings (SSSR count). The van der Waals surface area contributed by atoms with Gasteiger partial charge in [-0.1, -0.05) is 194 Å². The molecule has 2 saturated heterocycles. The Balaban J connectivity index is 1.01. The quantitative estimate of drug-likeness (QED) is 0.0683. The molecular weight excluding hydrogens is 827 g/mol. The zero-order chi connectivity index (χ0) is 43.7. The van der Waals surface area contributed by atoms with E-state index in [1.54, 1.807) is 0 Å². The first-order valence-corrected chi connectivity index (χ1v) is 25.9. The van der Waals surface area contributed by atoms with Gasteiger partial charge in [0.1, 0.15) is 0 Å². The molecule has 2 aliphatic heterocycles. The van der Waals surface area contributed by atoms with Crippen molar-refractivity contribution in [3.63, 3.8) is 0 Å². The van der Waals surface area contributed by atoms with Gasteiger partial charge in [0.05, 0.1) is 24.3 Å². The Morgan fingerprint density at radius 2 is 0.734 bits per heavy atom. The average molecular weight is 881 g/mol. The third-order valence-corrected chi connectivity index (χ3v) is 20.4.